The Hall–Kier alpha value is -2.79. The lowest BCUT2D eigenvalue weighted by Crippen LogP contribution is -2.06. The number of carboxylic acids is 1. The predicted octanol–water partition coefficient (Wildman–Crippen LogP) is 7.96. The van der Waals surface area contributed by atoms with Crippen molar-refractivity contribution in [2.24, 2.45) is 0 Å². The Morgan fingerprint density at radius 1 is 1.03 bits per heavy atom. The molecule has 0 unspecified atom stereocenters. The molecule has 0 spiro atoms. The van der Waals surface area contributed by atoms with E-state index in [0.29, 0.717) is 18.4 Å². The molecule has 1 aromatic heterocycles. The Labute approximate surface area is 218 Å². The summed E-state index contributed by atoms with van der Waals surface area (Å²) >= 11 is 1.69. The van der Waals surface area contributed by atoms with E-state index in [1.54, 1.807) is 18.0 Å². The highest BCUT2D eigenvalue weighted by Gasteiger charge is 2.26. The molecule has 3 aromatic rings. The van der Waals surface area contributed by atoms with Crippen molar-refractivity contribution in [3.63, 3.8) is 0 Å². The molecule has 4 nitrogen and oxygen atoms in total. The summed E-state index contributed by atoms with van der Waals surface area (Å²) in [7, 11) is 0. The molecule has 1 saturated carbocycles. The van der Waals surface area contributed by atoms with Gasteiger partial charge in [-0.1, -0.05) is 49.1 Å². The van der Waals surface area contributed by atoms with E-state index in [9.17, 15) is 4.79 Å². The van der Waals surface area contributed by atoms with Crippen molar-refractivity contribution < 1.29 is 14.6 Å². The van der Waals surface area contributed by atoms with Crippen LogP contribution in [0, 0.1) is 20.8 Å². The Morgan fingerprint density at radius 2 is 1.78 bits per heavy atom. The lowest BCUT2D eigenvalue weighted by atomic mass is 9.81. The number of hydrogen-bond acceptors (Lipinski definition) is 4. The standard InChI is InChI=1S/C31H35NO3S/c1-19-9-22(17-35-29-15-28-27(16-32-29)26(18-36-28)14-30(33)34)13-25(10-19)31-20(2)11-24(12-21(31)3)23-7-5-4-6-8-23/h9-13,15-16,23,26H,4-8,14,17-18H2,1-3H3,(H,33,34)/t26-/m0/s1. The van der Waals surface area contributed by atoms with Crippen LogP contribution in [0.15, 0.2) is 47.5 Å². The Morgan fingerprint density at radius 3 is 2.50 bits per heavy atom. The maximum Gasteiger partial charge on any atom is 0.303 e. The van der Waals surface area contributed by atoms with Crippen molar-refractivity contribution in [2.75, 3.05) is 5.75 Å². The van der Waals surface area contributed by atoms with Crippen LogP contribution in [-0.4, -0.2) is 21.8 Å². The van der Waals surface area contributed by atoms with E-state index < -0.39 is 5.97 Å². The van der Waals surface area contributed by atoms with E-state index in [4.69, 9.17) is 9.84 Å². The first-order valence-electron chi connectivity index (χ1n) is 13.1. The van der Waals surface area contributed by atoms with Crippen LogP contribution < -0.4 is 4.74 Å². The van der Waals surface area contributed by atoms with Gasteiger partial charge >= 0.3 is 5.97 Å². The normalized spacial score (nSPS) is 17.7. The first kappa shape index (κ1) is 24.9. The molecule has 1 aliphatic heterocycles. The number of carbonyl (C=O) groups is 1. The third-order valence-corrected chi connectivity index (χ3v) is 8.85. The van der Waals surface area contributed by atoms with Gasteiger partial charge in [0, 0.05) is 28.8 Å². The zero-order chi connectivity index (χ0) is 25.2. The van der Waals surface area contributed by atoms with Crippen molar-refractivity contribution >= 4 is 17.7 Å². The Balaban J connectivity index is 1.33. The molecule has 0 radical (unpaired) electrons. The van der Waals surface area contributed by atoms with Crippen molar-refractivity contribution in [2.45, 2.75) is 82.6 Å². The van der Waals surface area contributed by atoms with Crippen LogP contribution in [0.5, 0.6) is 5.88 Å². The van der Waals surface area contributed by atoms with Crippen LogP contribution in [0.4, 0.5) is 0 Å². The fourth-order valence-corrected chi connectivity index (χ4v) is 7.22. The number of carboxylic acid groups (broad SMARTS) is 1. The molecule has 5 heteroatoms. The van der Waals surface area contributed by atoms with Crippen molar-refractivity contribution in [1.29, 1.82) is 0 Å². The average molecular weight is 502 g/mol. The first-order valence-corrected chi connectivity index (χ1v) is 14.1. The van der Waals surface area contributed by atoms with Crippen LogP contribution in [0.3, 0.4) is 0 Å². The molecule has 1 N–H and O–H groups in total. The number of nitrogens with zero attached hydrogens (tertiary/aromatic N) is 1. The number of aliphatic carboxylic acids is 1. The van der Waals surface area contributed by atoms with Gasteiger partial charge in [0.05, 0.1) is 6.42 Å². The molecule has 188 valence electrons. The summed E-state index contributed by atoms with van der Waals surface area (Å²) in [6, 6.07) is 13.5. The topological polar surface area (TPSA) is 59.4 Å². The maximum absolute atomic E-state index is 11.1. The molecule has 1 fully saturated rings. The van der Waals surface area contributed by atoms with Crippen molar-refractivity contribution in [3.05, 3.63) is 76.0 Å². The van der Waals surface area contributed by atoms with Crippen molar-refractivity contribution in [3.8, 4) is 17.0 Å². The molecule has 5 rings (SSSR count). The van der Waals surface area contributed by atoms with Gasteiger partial charge in [-0.15, -0.1) is 11.8 Å². The van der Waals surface area contributed by atoms with Gasteiger partial charge in [0.1, 0.15) is 6.61 Å². The number of hydrogen-bond donors (Lipinski definition) is 1. The van der Waals surface area contributed by atoms with E-state index in [1.807, 2.05) is 6.07 Å². The van der Waals surface area contributed by atoms with Crippen LogP contribution in [0.1, 0.15) is 83.7 Å². The number of fused-ring (bicyclic) bond motifs is 1. The van der Waals surface area contributed by atoms with Gasteiger partial charge in [-0.05, 0) is 84.5 Å². The number of rotatable bonds is 7. The smallest absolute Gasteiger partial charge is 0.303 e. The number of aromatic nitrogens is 1. The minimum Gasteiger partial charge on any atom is -0.481 e. The zero-order valence-electron chi connectivity index (χ0n) is 21.5. The highest BCUT2D eigenvalue weighted by atomic mass is 32.2. The van der Waals surface area contributed by atoms with Crippen LogP contribution in [0.2, 0.25) is 0 Å². The number of pyridine rings is 1. The number of ether oxygens (including phenoxy) is 1. The molecule has 0 saturated heterocycles. The summed E-state index contributed by atoms with van der Waals surface area (Å²) in [5, 5.41) is 9.14. The van der Waals surface area contributed by atoms with E-state index in [0.717, 1.165) is 21.8 Å². The second kappa shape index (κ2) is 10.7. The minimum absolute atomic E-state index is 0.0272. The summed E-state index contributed by atoms with van der Waals surface area (Å²) in [5.74, 6) is 1.35. The van der Waals surface area contributed by atoms with E-state index >= 15 is 0 Å². The van der Waals surface area contributed by atoms with E-state index in [2.05, 4.69) is 56.1 Å². The van der Waals surface area contributed by atoms with Gasteiger partial charge in [-0.25, -0.2) is 4.98 Å². The zero-order valence-corrected chi connectivity index (χ0v) is 22.3. The van der Waals surface area contributed by atoms with E-state index in [1.165, 1.54) is 65.5 Å². The SMILES string of the molecule is Cc1cc(COc2cc3c(cn2)[C@@H](CC(=O)O)CS3)cc(-c2c(C)cc(C3CCCCC3)cc2C)c1. The quantitative estimate of drug-likeness (QED) is 0.356. The fraction of sp³-hybridized carbons (Fsp3) is 0.419. The van der Waals surface area contributed by atoms with Crippen molar-refractivity contribution in [1.82, 2.24) is 4.98 Å². The van der Waals surface area contributed by atoms with E-state index in [-0.39, 0.29) is 12.3 Å². The minimum atomic E-state index is -0.766. The molecule has 1 aliphatic carbocycles. The lowest BCUT2D eigenvalue weighted by Gasteiger charge is -2.24. The van der Waals surface area contributed by atoms with Crippen LogP contribution >= 0.6 is 11.8 Å². The number of benzene rings is 2. The third kappa shape index (κ3) is 5.46. The molecule has 2 aliphatic rings. The molecule has 0 amide bonds. The number of aryl methyl sites for hydroxylation is 3. The van der Waals surface area contributed by atoms with Gasteiger partial charge in [0.2, 0.25) is 5.88 Å². The Bertz CT molecular complexity index is 1260. The van der Waals surface area contributed by atoms with Gasteiger partial charge in [-0.3, -0.25) is 4.79 Å². The maximum atomic E-state index is 11.1. The predicted molar refractivity (Wildman–Crippen MR) is 146 cm³/mol. The first-order chi connectivity index (χ1) is 17.4. The van der Waals surface area contributed by atoms with Crippen LogP contribution in [0.25, 0.3) is 11.1 Å². The highest BCUT2D eigenvalue weighted by Crippen LogP contribution is 2.42. The second-order valence-corrected chi connectivity index (χ2v) is 11.6. The van der Waals surface area contributed by atoms with Gasteiger partial charge in [0.15, 0.2) is 0 Å². The molecule has 36 heavy (non-hydrogen) atoms. The Kier molecular flexibility index (Phi) is 7.38. The van der Waals surface area contributed by atoms with Gasteiger partial charge in [0.25, 0.3) is 0 Å². The monoisotopic (exact) mass is 501 g/mol. The third-order valence-electron chi connectivity index (χ3n) is 7.61. The fourth-order valence-electron chi connectivity index (χ4n) is 5.97. The molecule has 1 atom stereocenters. The molecular weight excluding hydrogens is 466 g/mol. The molecular formula is C31H35NO3S. The second-order valence-electron chi connectivity index (χ2n) is 10.5. The van der Waals surface area contributed by atoms with Crippen LogP contribution in [-0.2, 0) is 11.4 Å². The summed E-state index contributed by atoms with van der Waals surface area (Å²) < 4.78 is 6.10. The summed E-state index contributed by atoms with van der Waals surface area (Å²) in [6.45, 7) is 7.08. The summed E-state index contributed by atoms with van der Waals surface area (Å²) in [6.07, 6.45) is 8.67. The molecule has 2 aromatic carbocycles. The molecule has 2 heterocycles. The summed E-state index contributed by atoms with van der Waals surface area (Å²) in [5.41, 5.74) is 10.1. The average Bonchev–Trinajstić information content (AvgIpc) is 3.24. The lowest BCUT2D eigenvalue weighted by molar-refractivity contribution is -0.137. The highest BCUT2D eigenvalue weighted by molar-refractivity contribution is 7.99. The van der Waals surface area contributed by atoms with Gasteiger partial charge in [-0.2, -0.15) is 0 Å². The number of thioether (sulfide) groups is 1. The van der Waals surface area contributed by atoms with Gasteiger partial charge < -0.3 is 9.84 Å². The largest absolute Gasteiger partial charge is 0.481 e. The molecule has 0 bridgehead atoms. The summed E-state index contributed by atoms with van der Waals surface area (Å²) in [4.78, 5) is 16.7.